The molecule has 0 fully saturated rings. The summed E-state index contributed by atoms with van der Waals surface area (Å²) in [5, 5.41) is 0. The second kappa shape index (κ2) is 51.8. The largest absolute Gasteiger partial charge is 0.462 e. The van der Waals surface area contributed by atoms with Gasteiger partial charge in [0, 0.05) is 19.3 Å². The van der Waals surface area contributed by atoms with Gasteiger partial charge in [-0.1, -0.05) is 291 Å². The van der Waals surface area contributed by atoms with Crippen LogP contribution in [0, 0.1) is 11.8 Å². The van der Waals surface area contributed by atoms with E-state index in [1.807, 2.05) is 0 Å². The second-order valence-electron chi connectivity index (χ2n) is 20.8. The standard InChI is InChI=1S/C59H114O6/c1-6-9-10-11-12-13-14-15-16-17-18-22-25-28-34-39-44-49-57(60)63-52-56(53-64-58(61)50-45-40-35-31-30-33-38-43-48-55(5)8-3)65-59(62)51-46-41-36-29-26-23-20-19-21-24-27-32-37-42-47-54(4)7-2/h54-56H,6-53H2,1-5H3/t54?,55?,56-/m0/s1. The number of ether oxygens (including phenoxy) is 3. The van der Waals surface area contributed by atoms with Gasteiger partial charge < -0.3 is 14.2 Å². The molecule has 0 heterocycles. The van der Waals surface area contributed by atoms with Crippen LogP contribution in [0.4, 0.5) is 0 Å². The zero-order chi connectivity index (χ0) is 47.5. The highest BCUT2D eigenvalue weighted by atomic mass is 16.6. The first-order chi connectivity index (χ1) is 31.8. The summed E-state index contributed by atoms with van der Waals surface area (Å²) in [6.45, 7) is 11.5. The molecular formula is C59H114O6. The van der Waals surface area contributed by atoms with Crippen LogP contribution in [0.3, 0.4) is 0 Å². The van der Waals surface area contributed by atoms with Crippen molar-refractivity contribution in [1.29, 1.82) is 0 Å². The van der Waals surface area contributed by atoms with Gasteiger partial charge in [-0.3, -0.25) is 14.4 Å². The molecule has 0 aromatic heterocycles. The lowest BCUT2D eigenvalue weighted by atomic mass is 9.99. The van der Waals surface area contributed by atoms with E-state index in [0.717, 1.165) is 69.6 Å². The lowest BCUT2D eigenvalue weighted by Gasteiger charge is -2.18. The van der Waals surface area contributed by atoms with E-state index >= 15 is 0 Å². The van der Waals surface area contributed by atoms with Crippen LogP contribution in [0.25, 0.3) is 0 Å². The Balaban J connectivity index is 4.29. The highest BCUT2D eigenvalue weighted by Crippen LogP contribution is 2.19. The molecule has 0 amide bonds. The number of hydrogen-bond donors (Lipinski definition) is 0. The van der Waals surface area contributed by atoms with Crippen LogP contribution in [0.5, 0.6) is 0 Å². The van der Waals surface area contributed by atoms with Gasteiger partial charge in [0.2, 0.25) is 0 Å². The molecule has 3 atom stereocenters. The van der Waals surface area contributed by atoms with E-state index in [4.69, 9.17) is 14.2 Å². The second-order valence-corrected chi connectivity index (χ2v) is 20.8. The summed E-state index contributed by atoms with van der Waals surface area (Å²) in [5.74, 6) is 0.902. The lowest BCUT2D eigenvalue weighted by molar-refractivity contribution is -0.167. The van der Waals surface area contributed by atoms with Gasteiger partial charge in [0.05, 0.1) is 0 Å². The van der Waals surface area contributed by atoms with Gasteiger partial charge in [-0.25, -0.2) is 0 Å². The first-order valence-corrected chi connectivity index (χ1v) is 29.3. The molecule has 386 valence electrons. The van der Waals surface area contributed by atoms with Crippen LogP contribution in [0.15, 0.2) is 0 Å². The Morgan fingerprint density at radius 3 is 0.800 bits per heavy atom. The lowest BCUT2D eigenvalue weighted by Crippen LogP contribution is -2.30. The zero-order valence-corrected chi connectivity index (χ0v) is 44.6. The molecular weight excluding hydrogens is 805 g/mol. The Morgan fingerprint density at radius 1 is 0.308 bits per heavy atom. The summed E-state index contributed by atoms with van der Waals surface area (Å²) in [6.07, 6.45) is 55.1. The van der Waals surface area contributed by atoms with E-state index in [0.29, 0.717) is 19.3 Å². The predicted molar refractivity (Wildman–Crippen MR) is 280 cm³/mol. The summed E-state index contributed by atoms with van der Waals surface area (Å²) >= 11 is 0. The number of hydrogen-bond acceptors (Lipinski definition) is 6. The highest BCUT2D eigenvalue weighted by Gasteiger charge is 2.19. The van der Waals surface area contributed by atoms with Crippen LogP contribution in [0.2, 0.25) is 0 Å². The van der Waals surface area contributed by atoms with Crippen molar-refractivity contribution >= 4 is 17.9 Å². The fourth-order valence-corrected chi connectivity index (χ4v) is 8.99. The van der Waals surface area contributed by atoms with Gasteiger partial charge in [0.15, 0.2) is 6.10 Å². The van der Waals surface area contributed by atoms with Crippen molar-refractivity contribution < 1.29 is 28.6 Å². The maximum atomic E-state index is 12.9. The molecule has 0 rings (SSSR count). The molecule has 0 aromatic rings. The summed E-state index contributed by atoms with van der Waals surface area (Å²) in [5.41, 5.74) is 0. The Bertz CT molecular complexity index is 997. The molecule has 0 bridgehead atoms. The first-order valence-electron chi connectivity index (χ1n) is 29.3. The quantitative estimate of drug-likeness (QED) is 0.0344. The molecule has 65 heavy (non-hydrogen) atoms. The minimum absolute atomic E-state index is 0.0629. The Labute approximate surface area is 406 Å². The topological polar surface area (TPSA) is 78.9 Å². The number of carbonyl (C=O) groups excluding carboxylic acids is 3. The Morgan fingerprint density at radius 2 is 0.538 bits per heavy atom. The molecule has 6 heteroatoms. The Kier molecular flexibility index (Phi) is 50.5. The van der Waals surface area contributed by atoms with Crippen molar-refractivity contribution in [2.45, 2.75) is 336 Å². The smallest absolute Gasteiger partial charge is 0.306 e. The summed E-state index contributed by atoms with van der Waals surface area (Å²) in [7, 11) is 0. The molecule has 0 aliphatic carbocycles. The fraction of sp³-hybridized carbons (Fsp3) is 0.949. The molecule has 2 unspecified atom stereocenters. The first kappa shape index (κ1) is 63.4. The maximum Gasteiger partial charge on any atom is 0.306 e. The van der Waals surface area contributed by atoms with Crippen molar-refractivity contribution in [3.63, 3.8) is 0 Å². The minimum Gasteiger partial charge on any atom is -0.462 e. The van der Waals surface area contributed by atoms with Gasteiger partial charge in [-0.2, -0.15) is 0 Å². The number of rotatable bonds is 53. The van der Waals surface area contributed by atoms with E-state index in [9.17, 15) is 14.4 Å². The van der Waals surface area contributed by atoms with Crippen molar-refractivity contribution in [1.82, 2.24) is 0 Å². The third-order valence-electron chi connectivity index (χ3n) is 14.2. The summed E-state index contributed by atoms with van der Waals surface area (Å²) in [4.78, 5) is 38.1. The van der Waals surface area contributed by atoms with Gasteiger partial charge in [-0.15, -0.1) is 0 Å². The van der Waals surface area contributed by atoms with E-state index < -0.39 is 6.10 Å². The maximum absolute atomic E-state index is 12.9. The SMILES string of the molecule is CCCCCCCCCCCCCCCCCCCC(=O)OC[C@@H](COC(=O)CCCCCCCCCCC(C)CC)OC(=O)CCCCCCCCCCCCCCCCC(C)CC. The monoisotopic (exact) mass is 919 g/mol. The minimum atomic E-state index is -0.763. The third kappa shape index (κ3) is 50.1. The highest BCUT2D eigenvalue weighted by molar-refractivity contribution is 5.71. The third-order valence-corrected chi connectivity index (χ3v) is 14.2. The van der Waals surface area contributed by atoms with E-state index in [1.165, 1.54) is 218 Å². The van der Waals surface area contributed by atoms with Crippen LogP contribution in [-0.4, -0.2) is 37.2 Å². The van der Waals surface area contributed by atoms with Crippen LogP contribution < -0.4 is 0 Å². The number of esters is 3. The van der Waals surface area contributed by atoms with Gasteiger partial charge >= 0.3 is 17.9 Å². The Hall–Kier alpha value is -1.59. The van der Waals surface area contributed by atoms with Crippen LogP contribution >= 0.6 is 0 Å². The van der Waals surface area contributed by atoms with Crippen molar-refractivity contribution in [2.24, 2.45) is 11.8 Å². The number of carbonyl (C=O) groups is 3. The van der Waals surface area contributed by atoms with Gasteiger partial charge in [-0.05, 0) is 31.1 Å². The molecule has 0 aliphatic heterocycles. The molecule has 0 aliphatic rings. The zero-order valence-electron chi connectivity index (χ0n) is 44.6. The molecule has 0 radical (unpaired) electrons. The average molecular weight is 920 g/mol. The van der Waals surface area contributed by atoms with Crippen molar-refractivity contribution in [3.8, 4) is 0 Å². The van der Waals surface area contributed by atoms with Crippen molar-refractivity contribution in [3.05, 3.63) is 0 Å². The van der Waals surface area contributed by atoms with Crippen LogP contribution in [0.1, 0.15) is 330 Å². The van der Waals surface area contributed by atoms with Gasteiger partial charge in [0.25, 0.3) is 0 Å². The molecule has 0 saturated carbocycles. The van der Waals surface area contributed by atoms with Gasteiger partial charge in [0.1, 0.15) is 13.2 Å². The van der Waals surface area contributed by atoms with E-state index in [2.05, 4.69) is 34.6 Å². The molecule has 0 N–H and O–H groups in total. The number of unbranched alkanes of at least 4 members (excludes halogenated alkanes) is 36. The summed E-state index contributed by atoms with van der Waals surface area (Å²) in [6, 6.07) is 0. The van der Waals surface area contributed by atoms with Crippen molar-refractivity contribution in [2.75, 3.05) is 13.2 Å². The average Bonchev–Trinajstić information content (AvgIpc) is 3.30. The molecule has 6 nitrogen and oxygen atoms in total. The molecule has 0 spiro atoms. The molecule has 0 saturated heterocycles. The molecule has 0 aromatic carbocycles. The summed E-state index contributed by atoms with van der Waals surface area (Å²) < 4.78 is 16.9. The van der Waals surface area contributed by atoms with E-state index in [1.54, 1.807) is 0 Å². The fourth-order valence-electron chi connectivity index (χ4n) is 8.99. The van der Waals surface area contributed by atoms with Crippen LogP contribution in [-0.2, 0) is 28.6 Å². The van der Waals surface area contributed by atoms with E-state index in [-0.39, 0.29) is 31.1 Å². The normalized spacial score (nSPS) is 12.9. The predicted octanol–water partition coefficient (Wildman–Crippen LogP) is 19.3.